The standard InChI is InChI=1S/C49H27N3O2/c50-28-29-21-30(23-31(22-29)51-42-17-7-2-12-33(42)37-24-39-35-14-4-9-19-46(35)53-48(39)26-44(37)51)32-11-1-6-16-41(32)52-43-18-8-3-13-34(43)38-25-40-36-15-5-10-20-47(36)54-49(40)27-45(38)52/h1-7,9-17,19-20,22-27,29H,21H2. The molecule has 0 aliphatic heterocycles. The second kappa shape index (κ2) is 10.8. The summed E-state index contributed by atoms with van der Waals surface area (Å²) >= 11 is 0. The summed E-state index contributed by atoms with van der Waals surface area (Å²) in [5.41, 5.74) is 11.6. The van der Waals surface area contributed by atoms with Gasteiger partial charge in [0.2, 0.25) is 0 Å². The third-order valence-corrected chi connectivity index (χ3v) is 11.2. The molecule has 0 fully saturated rings. The number of aromatic nitrogens is 2. The fraction of sp³-hybridized carbons (Fsp3) is 0.0408. The van der Waals surface area contributed by atoms with E-state index in [4.69, 9.17) is 8.83 Å². The lowest BCUT2D eigenvalue weighted by molar-refractivity contribution is 0.669. The van der Waals surface area contributed by atoms with Crippen molar-refractivity contribution in [3.8, 4) is 11.8 Å². The quantitative estimate of drug-likeness (QED) is 0.185. The van der Waals surface area contributed by atoms with Crippen molar-refractivity contribution in [1.82, 2.24) is 9.13 Å². The maximum atomic E-state index is 10.5. The Balaban J connectivity index is 1.10. The average molecular weight is 690 g/mol. The van der Waals surface area contributed by atoms with Crippen LogP contribution in [0.1, 0.15) is 12.0 Å². The Morgan fingerprint density at radius 1 is 0.574 bits per heavy atom. The summed E-state index contributed by atoms with van der Waals surface area (Å²) in [7, 11) is 0. The molecule has 12 rings (SSSR count). The molecule has 1 atom stereocenters. The topological polar surface area (TPSA) is 59.9 Å². The van der Waals surface area contributed by atoms with Crippen LogP contribution in [0.5, 0.6) is 0 Å². The molecular weight excluding hydrogens is 663 g/mol. The lowest BCUT2D eigenvalue weighted by Gasteiger charge is -2.22. The molecule has 0 radical (unpaired) electrons. The highest BCUT2D eigenvalue weighted by molar-refractivity contribution is 6.19. The number of rotatable bonds is 3. The van der Waals surface area contributed by atoms with Crippen LogP contribution < -0.4 is 0 Å². The van der Waals surface area contributed by atoms with Gasteiger partial charge in [-0.05, 0) is 78.7 Å². The molecule has 0 amide bonds. The van der Waals surface area contributed by atoms with Gasteiger partial charge in [-0.15, -0.1) is 0 Å². The molecule has 0 spiro atoms. The van der Waals surface area contributed by atoms with Gasteiger partial charge in [0.15, 0.2) is 0 Å². The van der Waals surface area contributed by atoms with Crippen LogP contribution in [0.15, 0.2) is 154 Å². The number of para-hydroxylation sites is 4. The Morgan fingerprint density at radius 2 is 1.20 bits per heavy atom. The molecule has 1 aliphatic carbocycles. The van der Waals surface area contributed by atoms with Crippen LogP contribution in [-0.4, -0.2) is 9.13 Å². The first-order valence-corrected chi connectivity index (χ1v) is 18.2. The van der Waals surface area contributed by atoms with Gasteiger partial charge in [0.25, 0.3) is 0 Å². The van der Waals surface area contributed by atoms with Crippen LogP contribution in [0.4, 0.5) is 0 Å². The Kier molecular flexibility index (Phi) is 5.82. The fourth-order valence-electron chi connectivity index (χ4n) is 8.91. The van der Waals surface area contributed by atoms with E-state index in [2.05, 4.69) is 143 Å². The molecule has 5 nitrogen and oxygen atoms in total. The second-order valence-corrected chi connectivity index (χ2v) is 14.2. The van der Waals surface area contributed by atoms with E-state index in [0.717, 1.165) is 110 Å². The van der Waals surface area contributed by atoms with Crippen molar-refractivity contribution in [2.75, 3.05) is 0 Å². The lowest BCUT2D eigenvalue weighted by atomic mass is 9.88. The monoisotopic (exact) mass is 689 g/mol. The predicted molar refractivity (Wildman–Crippen MR) is 218 cm³/mol. The maximum absolute atomic E-state index is 10.5. The highest BCUT2D eigenvalue weighted by Crippen LogP contribution is 2.43. The lowest BCUT2D eigenvalue weighted by Crippen LogP contribution is -2.08. The van der Waals surface area contributed by atoms with Crippen LogP contribution in [0.3, 0.4) is 0 Å². The molecule has 0 saturated heterocycles. The van der Waals surface area contributed by atoms with Crippen molar-refractivity contribution in [1.29, 1.82) is 5.26 Å². The van der Waals surface area contributed by atoms with Crippen LogP contribution in [0, 0.1) is 29.4 Å². The first-order valence-electron chi connectivity index (χ1n) is 18.2. The fourth-order valence-corrected chi connectivity index (χ4v) is 8.91. The number of benzene rings is 6. The molecule has 1 unspecified atom stereocenters. The van der Waals surface area contributed by atoms with Gasteiger partial charge in [-0.3, -0.25) is 0 Å². The van der Waals surface area contributed by atoms with Crippen molar-refractivity contribution >= 4 is 98.8 Å². The summed E-state index contributed by atoms with van der Waals surface area (Å²) in [5, 5.41) is 19.5. The highest BCUT2D eigenvalue weighted by Gasteiger charge is 2.25. The highest BCUT2D eigenvalue weighted by atomic mass is 16.3. The summed E-state index contributed by atoms with van der Waals surface area (Å²) in [4.78, 5) is 0. The van der Waals surface area contributed by atoms with Crippen LogP contribution in [-0.2, 0) is 0 Å². The van der Waals surface area contributed by atoms with Crippen molar-refractivity contribution in [2.24, 2.45) is 5.92 Å². The third-order valence-electron chi connectivity index (χ3n) is 11.2. The van der Waals surface area contributed by atoms with E-state index in [1.54, 1.807) is 0 Å². The van der Waals surface area contributed by atoms with E-state index in [-0.39, 0.29) is 5.92 Å². The number of hydrogen-bond donors (Lipinski definition) is 0. The zero-order valence-electron chi connectivity index (χ0n) is 28.8. The van der Waals surface area contributed by atoms with Gasteiger partial charge < -0.3 is 18.0 Å². The third kappa shape index (κ3) is 3.98. The Hall–Kier alpha value is -7.47. The Labute approximate surface area is 308 Å². The average Bonchev–Trinajstić information content (AvgIpc) is 3.96. The molecule has 0 saturated carbocycles. The molecule has 4 aromatic heterocycles. The molecule has 7 aromatic carbocycles. The smallest absolute Gasteiger partial charge is 0.137 e. The molecule has 0 bridgehead atoms. The number of furan rings is 2. The zero-order chi connectivity index (χ0) is 35.5. The summed E-state index contributed by atoms with van der Waals surface area (Å²) in [6, 6.07) is 55.6. The van der Waals surface area contributed by atoms with Crippen molar-refractivity contribution < 1.29 is 8.83 Å². The minimum atomic E-state index is -0.326. The van der Waals surface area contributed by atoms with E-state index >= 15 is 0 Å². The molecule has 54 heavy (non-hydrogen) atoms. The van der Waals surface area contributed by atoms with E-state index in [9.17, 15) is 5.26 Å². The molecule has 4 heterocycles. The van der Waals surface area contributed by atoms with Gasteiger partial charge >= 0.3 is 0 Å². The van der Waals surface area contributed by atoms with E-state index in [1.807, 2.05) is 30.3 Å². The van der Waals surface area contributed by atoms with E-state index in [1.165, 1.54) is 0 Å². The van der Waals surface area contributed by atoms with Crippen LogP contribution in [0.25, 0.3) is 104 Å². The molecular formula is C49H27N3O2. The van der Waals surface area contributed by atoms with Crippen LogP contribution in [0.2, 0.25) is 0 Å². The molecule has 5 heteroatoms. The number of allylic oxidation sites excluding steroid dienone is 4. The summed E-state index contributed by atoms with van der Waals surface area (Å²) in [5.74, 6) is -0.326. The van der Waals surface area contributed by atoms with E-state index in [0.29, 0.717) is 6.42 Å². The number of nitrogens with zero attached hydrogens (tertiary/aromatic N) is 3. The van der Waals surface area contributed by atoms with Gasteiger partial charge in [-0.1, -0.05) is 78.9 Å². The normalized spacial score (nSPS) is 14.8. The van der Waals surface area contributed by atoms with Crippen molar-refractivity contribution in [3.63, 3.8) is 0 Å². The first kappa shape index (κ1) is 29.1. The van der Waals surface area contributed by atoms with Gasteiger partial charge in [-0.2, -0.15) is 5.26 Å². The second-order valence-electron chi connectivity index (χ2n) is 14.2. The molecule has 11 aromatic rings. The maximum Gasteiger partial charge on any atom is 0.137 e. The predicted octanol–water partition coefficient (Wildman–Crippen LogP) is 12.8. The molecule has 250 valence electrons. The van der Waals surface area contributed by atoms with Gasteiger partial charge in [0.1, 0.15) is 27.8 Å². The minimum absolute atomic E-state index is 0.326. The molecule has 1 aliphatic rings. The number of fused-ring (bicyclic) bond motifs is 12. The van der Waals surface area contributed by atoms with Crippen LogP contribution >= 0.6 is 0 Å². The van der Waals surface area contributed by atoms with Gasteiger partial charge in [-0.25, -0.2) is 0 Å². The van der Waals surface area contributed by atoms with Gasteiger partial charge in [0, 0.05) is 66.5 Å². The zero-order valence-corrected chi connectivity index (χ0v) is 28.8. The largest absolute Gasteiger partial charge is 0.456 e. The Morgan fingerprint density at radius 3 is 1.94 bits per heavy atom. The Bertz CT molecular complexity index is 3500. The minimum Gasteiger partial charge on any atom is -0.456 e. The number of hydrogen-bond acceptors (Lipinski definition) is 3. The van der Waals surface area contributed by atoms with Crippen molar-refractivity contribution in [2.45, 2.75) is 6.42 Å². The number of nitriles is 1. The van der Waals surface area contributed by atoms with Gasteiger partial charge in [0.05, 0.1) is 34.2 Å². The first-order chi connectivity index (χ1) is 26.7. The van der Waals surface area contributed by atoms with Crippen molar-refractivity contribution in [3.05, 3.63) is 163 Å². The summed E-state index contributed by atoms with van der Waals surface area (Å²) < 4.78 is 17.4. The summed E-state index contributed by atoms with van der Waals surface area (Å²) in [6.45, 7) is 0. The SMILES string of the molecule is N#CC1C=C(n2c3ccccc3c3cc4c(cc32)oc2ccccc24)C=C(c2ccccc2-n2c3c#cccc3c3cc4c(cc32)oc2ccccc24)C1. The van der Waals surface area contributed by atoms with E-state index < -0.39 is 0 Å². The molecule has 0 N–H and O–H groups in total. The summed E-state index contributed by atoms with van der Waals surface area (Å²) in [6.07, 6.45) is 4.97.